The van der Waals surface area contributed by atoms with E-state index < -0.39 is 6.10 Å². The number of benzene rings is 1. The van der Waals surface area contributed by atoms with Gasteiger partial charge < -0.3 is 9.84 Å². The van der Waals surface area contributed by atoms with Crippen LogP contribution in [0.25, 0.3) is 0 Å². The molecule has 3 heteroatoms. The monoisotopic (exact) mass is 214 g/mol. The molecule has 1 atom stereocenters. The van der Waals surface area contributed by atoms with Crippen LogP contribution in [0.15, 0.2) is 18.2 Å². The number of hydrogen-bond acceptors (Lipinski definition) is 2. The fourth-order valence-electron chi connectivity index (χ4n) is 1.33. The summed E-state index contributed by atoms with van der Waals surface area (Å²) in [5, 5.41) is 10.4. The molecule has 14 heavy (non-hydrogen) atoms. The van der Waals surface area contributed by atoms with Gasteiger partial charge in [0, 0.05) is 11.6 Å². The highest BCUT2D eigenvalue weighted by atomic mass is 35.5. The molecule has 0 aromatic heterocycles. The molecule has 0 fully saturated rings. The molecule has 1 rings (SSSR count). The minimum absolute atomic E-state index is 0.332. The molecule has 0 aliphatic heterocycles. The second-order valence-corrected chi connectivity index (χ2v) is 3.61. The van der Waals surface area contributed by atoms with Crippen LogP contribution < -0.4 is 0 Å². The standard InChI is InChI=1S/C11H15ClO2/c1-3-14-7-11(13)10-5-4-9(12)6-8(10)2/h4-6,11,13H,3,7H2,1-2H3. The van der Waals surface area contributed by atoms with Gasteiger partial charge in [0.15, 0.2) is 0 Å². The summed E-state index contributed by atoms with van der Waals surface area (Å²) in [4.78, 5) is 0. The Morgan fingerprint density at radius 3 is 2.79 bits per heavy atom. The molecule has 1 aromatic carbocycles. The minimum atomic E-state index is -0.563. The van der Waals surface area contributed by atoms with Gasteiger partial charge in [0.05, 0.1) is 6.61 Å². The van der Waals surface area contributed by atoms with Crippen LogP contribution in [-0.4, -0.2) is 18.3 Å². The number of aryl methyl sites for hydroxylation is 1. The van der Waals surface area contributed by atoms with Crippen molar-refractivity contribution < 1.29 is 9.84 Å². The third-order valence-corrected chi connectivity index (χ3v) is 2.31. The van der Waals surface area contributed by atoms with Gasteiger partial charge in [0.25, 0.3) is 0 Å². The third kappa shape index (κ3) is 2.98. The maximum Gasteiger partial charge on any atom is 0.103 e. The van der Waals surface area contributed by atoms with Gasteiger partial charge in [-0.25, -0.2) is 0 Å². The third-order valence-electron chi connectivity index (χ3n) is 2.07. The average Bonchev–Trinajstić information content (AvgIpc) is 2.14. The molecule has 0 saturated carbocycles. The predicted octanol–water partition coefficient (Wildman–Crippen LogP) is 2.72. The Labute approximate surface area is 89.5 Å². The summed E-state index contributed by atoms with van der Waals surface area (Å²) in [6.07, 6.45) is -0.563. The van der Waals surface area contributed by atoms with Gasteiger partial charge in [0.2, 0.25) is 0 Å². The van der Waals surface area contributed by atoms with E-state index in [1.807, 2.05) is 26.0 Å². The summed E-state index contributed by atoms with van der Waals surface area (Å²) in [6, 6.07) is 5.45. The zero-order chi connectivity index (χ0) is 10.6. The number of aliphatic hydroxyl groups is 1. The van der Waals surface area contributed by atoms with E-state index in [1.54, 1.807) is 6.07 Å². The van der Waals surface area contributed by atoms with Crippen LogP contribution in [0.5, 0.6) is 0 Å². The van der Waals surface area contributed by atoms with E-state index >= 15 is 0 Å². The molecule has 0 spiro atoms. The van der Waals surface area contributed by atoms with E-state index in [4.69, 9.17) is 16.3 Å². The molecular weight excluding hydrogens is 200 g/mol. The summed E-state index contributed by atoms with van der Waals surface area (Å²) in [7, 11) is 0. The van der Waals surface area contributed by atoms with Crippen LogP contribution in [0.1, 0.15) is 24.2 Å². The first kappa shape index (κ1) is 11.5. The van der Waals surface area contributed by atoms with E-state index in [0.29, 0.717) is 18.2 Å². The van der Waals surface area contributed by atoms with Gasteiger partial charge >= 0.3 is 0 Å². The summed E-state index contributed by atoms with van der Waals surface area (Å²) < 4.78 is 5.15. The lowest BCUT2D eigenvalue weighted by Gasteiger charge is -2.13. The lowest BCUT2D eigenvalue weighted by Crippen LogP contribution is -2.08. The van der Waals surface area contributed by atoms with Crippen molar-refractivity contribution >= 4 is 11.6 Å². The normalized spacial score (nSPS) is 12.9. The molecule has 0 aliphatic rings. The fourth-order valence-corrected chi connectivity index (χ4v) is 1.56. The Kier molecular flexibility index (Phi) is 4.39. The van der Waals surface area contributed by atoms with Gasteiger partial charge in [0.1, 0.15) is 6.10 Å². The molecule has 1 N–H and O–H groups in total. The molecule has 0 amide bonds. The van der Waals surface area contributed by atoms with Gasteiger partial charge in [-0.2, -0.15) is 0 Å². The van der Waals surface area contributed by atoms with Crippen LogP contribution >= 0.6 is 11.6 Å². The lowest BCUT2D eigenvalue weighted by molar-refractivity contribution is 0.0417. The highest BCUT2D eigenvalue weighted by molar-refractivity contribution is 6.30. The van der Waals surface area contributed by atoms with Crippen molar-refractivity contribution in [2.75, 3.05) is 13.2 Å². The largest absolute Gasteiger partial charge is 0.386 e. The van der Waals surface area contributed by atoms with Crippen LogP contribution in [-0.2, 0) is 4.74 Å². The molecule has 0 heterocycles. The van der Waals surface area contributed by atoms with Crippen molar-refractivity contribution in [1.29, 1.82) is 0 Å². The SMILES string of the molecule is CCOCC(O)c1ccc(Cl)cc1C. The fraction of sp³-hybridized carbons (Fsp3) is 0.455. The zero-order valence-electron chi connectivity index (χ0n) is 8.46. The highest BCUT2D eigenvalue weighted by Crippen LogP contribution is 2.21. The topological polar surface area (TPSA) is 29.5 Å². The zero-order valence-corrected chi connectivity index (χ0v) is 9.21. The summed E-state index contributed by atoms with van der Waals surface area (Å²) in [5.41, 5.74) is 1.87. The second kappa shape index (κ2) is 5.35. The first-order chi connectivity index (χ1) is 6.65. The highest BCUT2D eigenvalue weighted by Gasteiger charge is 2.10. The Morgan fingerprint density at radius 1 is 1.50 bits per heavy atom. The van der Waals surface area contributed by atoms with E-state index in [0.717, 1.165) is 11.1 Å². The first-order valence-corrected chi connectivity index (χ1v) is 5.04. The molecule has 1 aromatic rings. The minimum Gasteiger partial charge on any atom is -0.386 e. The molecule has 0 aliphatic carbocycles. The molecule has 0 bridgehead atoms. The second-order valence-electron chi connectivity index (χ2n) is 3.18. The molecule has 0 radical (unpaired) electrons. The van der Waals surface area contributed by atoms with E-state index in [2.05, 4.69) is 0 Å². The van der Waals surface area contributed by atoms with Crippen molar-refractivity contribution in [2.45, 2.75) is 20.0 Å². The Morgan fingerprint density at radius 2 is 2.21 bits per heavy atom. The summed E-state index contributed by atoms with van der Waals surface area (Å²) in [6.45, 7) is 4.78. The Bertz CT molecular complexity index is 299. The molecular formula is C11H15ClO2. The van der Waals surface area contributed by atoms with Crippen LogP contribution in [0.2, 0.25) is 5.02 Å². The number of rotatable bonds is 4. The summed E-state index contributed by atoms with van der Waals surface area (Å²) in [5.74, 6) is 0. The molecule has 0 saturated heterocycles. The molecule has 1 unspecified atom stereocenters. The van der Waals surface area contributed by atoms with Crippen molar-refractivity contribution in [3.05, 3.63) is 34.3 Å². The van der Waals surface area contributed by atoms with Crippen LogP contribution in [0, 0.1) is 6.92 Å². The first-order valence-electron chi connectivity index (χ1n) is 4.67. The van der Waals surface area contributed by atoms with E-state index in [9.17, 15) is 5.11 Å². The Hall–Kier alpha value is -0.570. The smallest absolute Gasteiger partial charge is 0.103 e. The predicted molar refractivity (Wildman–Crippen MR) is 57.6 cm³/mol. The quantitative estimate of drug-likeness (QED) is 0.835. The maximum absolute atomic E-state index is 9.76. The van der Waals surface area contributed by atoms with Gasteiger partial charge in [-0.1, -0.05) is 17.7 Å². The van der Waals surface area contributed by atoms with Crippen LogP contribution in [0.3, 0.4) is 0 Å². The van der Waals surface area contributed by atoms with E-state index in [-0.39, 0.29) is 0 Å². The average molecular weight is 215 g/mol. The van der Waals surface area contributed by atoms with Crippen molar-refractivity contribution in [3.8, 4) is 0 Å². The van der Waals surface area contributed by atoms with Gasteiger partial charge in [-0.15, -0.1) is 0 Å². The number of hydrogen-bond donors (Lipinski definition) is 1. The molecule has 78 valence electrons. The maximum atomic E-state index is 9.76. The van der Waals surface area contributed by atoms with Crippen molar-refractivity contribution in [3.63, 3.8) is 0 Å². The van der Waals surface area contributed by atoms with Crippen LogP contribution in [0.4, 0.5) is 0 Å². The number of ether oxygens (including phenoxy) is 1. The van der Waals surface area contributed by atoms with Gasteiger partial charge in [-0.3, -0.25) is 0 Å². The summed E-state index contributed by atoms with van der Waals surface area (Å²) >= 11 is 5.81. The lowest BCUT2D eigenvalue weighted by atomic mass is 10.0. The molecule has 2 nitrogen and oxygen atoms in total. The Balaban J connectivity index is 2.74. The number of halogens is 1. The number of aliphatic hydroxyl groups excluding tert-OH is 1. The van der Waals surface area contributed by atoms with Gasteiger partial charge in [-0.05, 0) is 37.1 Å². The van der Waals surface area contributed by atoms with E-state index in [1.165, 1.54) is 0 Å². The van der Waals surface area contributed by atoms with Crippen molar-refractivity contribution in [1.82, 2.24) is 0 Å². The van der Waals surface area contributed by atoms with Crippen molar-refractivity contribution in [2.24, 2.45) is 0 Å².